The standard InChI is InChI=1S/C24H30F2N4O4/c1-24(25,26)18-11-14(2-5-20(18)31)10-16(13-27)23(33)30-8-6-17(7-9-30)28-22(32)19-12-21(34-29-19)15-3-4-15/h2,5,11-12,15-17,31H,3-4,6-10,13,27H2,1H3,(H,28,32)/t16-/m1/s1. The van der Waals surface area contributed by atoms with Crippen LogP contribution in [0.25, 0.3) is 0 Å². The average molecular weight is 477 g/mol. The van der Waals surface area contributed by atoms with Gasteiger partial charge in [-0.3, -0.25) is 9.59 Å². The Bertz CT molecular complexity index is 1040. The number of nitrogens with zero attached hydrogens (tertiary/aromatic N) is 2. The van der Waals surface area contributed by atoms with Crippen LogP contribution in [0.15, 0.2) is 28.8 Å². The van der Waals surface area contributed by atoms with E-state index in [1.165, 1.54) is 18.2 Å². The van der Waals surface area contributed by atoms with Crippen molar-refractivity contribution in [3.63, 3.8) is 0 Å². The van der Waals surface area contributed by atoms with Crippen molar-refractivity contribution in [3.8, 4) is 5.75 Å². The zero-order chi connectivity index (χ0) is 24.5. The number of nitrogens with two attached hydrogens (primary N) is 1. The van der Waals surface area contributed by atoms with Crippen LogP contribution in [0.3, 0.4) is 0 Å². The smallest absolute Gasteiger partial charge is 0.274 e. The number of alkyl halides is 2. The summed E-state index contributed by atoms with van der Waals surface area (Å²) in [5, 5.41) is 16.6. The van der Waals surface area contributed by atoms with Gasteiger partial charge in [0.15, 0.2) is 5.69 Å². The molecule has 184 valence electrons. The molecule has 0 bridgehead atoms. The third-order valence-electron chi connectivity index (χ3n) is 6.53. The highest BCUT2D eigenvalue weighted by molar-refractivity contribution is 5.92. The number of likely N-dealkylation sites (tertiary alicyclic amines) is 1. The SMILES string of the molecule is CC(F)(F)c1cc(C[C@H](CN)C(=O)N2CCC(NC(=O)c3cc(C4CC4)on3)CC2)ccc1O. The zero-order valence-electron chi connectivity index (χ0n) is 19.1. The second kappa shape index (κ2) is 9.69. The maximum Gasteiger partial charge on any atom is 0.274 e. The van der Waals surface area contributed by atoms with Crippen molar-refractivity contribution >= 4 is 11.8 Å². The summed E-state index contributed by atoms with van der Waals surface area (Å²) in [6.45, 7) is 1.71. The van der Waals surface area contributed by atoms with Crippen LogP contribution in [0.1, 0.15) is 65.9 Å². The fourth-order valence-electron chi connectivity index (χ4n) is 4.34. The van der Waals surface area contributed by atoms with Gasteiger partial charge in [-0.15, -0.1) is 0 Å². The van der Waals surface area contributed by atoms with Gasteiger partial charge in [0.1, 0.15) is 11.5 Å². The number of hydrogen-bond acceptors (Lipinski definition) is 6. The minimum absolute atomic E-state index is 0.0731. The van der Waals surface area contributed by atoms with Crippen molar-refractivity contribution in [3.05, 3.63) is 46.8 Å². The van der Waals surface area contributed by atoms with Crippen LogP contribution in [0.2, 0.25) is 0 Å². The third-order valence-corrected chi connectivity index (χ3v) is 6.53. The molecule has 0 spiro atoms. The lowest BCUT2D eigenvalue weighted by molar-refractivity contribution is -0.136. The van der Waals surface area contributed by atoms with Crippen LogP contribution in [-0.2, 0) is 17.1 Å². The van der Waals surface area contributed by atoms with Crippen LogP contribution in [0.4, 0.5) is 8.78 Å². The summed E-state index contributed by atoms with van der Waals surface area (Å²) in [5.41, 5.74) is 6.16. The average Bonchev–Trinajstić information content (AvgIpc) is 3.54. The minimum Gasteiger partial charge on any atom is -0.507 e. The molecule has 1 saturated carbocycles. The zero-order valence-corrected chi connectivity index (χ0v) is 19.1. The molecule has 1 aliphatic heterocycles. The first-order chi connectivity index (χ1) is 16.2. The maximum absolute atomic E-state index is 13.7. The second-order valence-corrected chi connectivity index (χ2v) is 9.34. The van der Waals surface area contributed by atoms with Gasteiger partial charge in [-0.1, -0.05) is 11.2 Å². The number of aromatic hydroxyl groups is 1. The summed E-state index contributed by atoms with van der Waals surface area (Å²) in [5.74, 6) is -3.53. The van der Waals surface area contributed by atoms with Gasteiger partial charge < -0.3 is 25.6 Å². The number of rotatable bonds is 8. The lowest BCUT2D eigenvalue weighted by Crippen LogP contribution is -2.49. The van der Waals surface area contributed by atoms with Crippen molar-refractivity contribution in [2.45, 2.75) is 56.9 Å². The van der Waals surface area contributed by atoms with Gasteiger partial charge >= 0.3 is 0 Å². The first-order valence-corrected chi connectivity index (χ1v) is 11.6. The highest BCUT2D eigenvalue weighted by Gasteiger charge is 2.32. The van der Waals surface area contributed by atoms with E-state index >= 15 is 0 Å². The summed E-state index contributed by atoms with van der Waals surface area (Å²) in [6, 6.07) is 5.59. The second-order valence-electron chi connectivity index (χ2n) is 9.34. The molecule has 2 aromatic rings. The summed E-state index contributed by atoms with van der Waals surface area (Å²) >= 11 is 0. The quantitative estimate of drug-likeness (QED) is 0.539. The molecule has 0 radical (unpaired) electrons. The van der Waals surface area contributed by atoms with E-state index in [2.05, 4.69) is 10.5 Å². The molecule has 4 N–H and O–H groups in total. The monoisotopic (exact) mass is 476 g/mol. The molecule has 2 aliphatic rings. The first-order valence-electron chi connectivity index (χ1n) is 11.6. The number of aromatic nitrogens is 1. The number of hydrogen-bond donors (Lipinski definition) is 3. The minimum atomic E-state index is -3.19. The van der Waals surface area contributed by atoms with Crippen LogP contribution in [0.5, 0.6) is 5.75 Å². The van der Waals surface area contributed by atoms with Crippen LogP contribution in [0, 0.1) is 5.92 Å². The summed E-state index contributed by atoms with van der Waals surface area (Å²) < 4.78 is 32.7. The van der Waals surface area contributed by atoms with Crippen LogP contribution in [-0.4, -0.2) is 52.7 Å². The summed E-state index contributed by atoms with van der Waals surface area (Å²) in [4.78, 5) is 27.2. The number of carbonyl (C=O) groups excluding carboxylic acids is 2. The number of phenols is 1. The van der Waals surface area contributed by atoms with Gasteiger partial charge in [0.2, 0.25) is 5.91 Å². The van der Waals surface area contributed by atoms with Gasteiger partial charge in [0, 0.05) is 44.6 Å². The number of piperidine rings is 1. The number of benzene rings is 1. The van der Waals surface area contributed by atoms with Crippen molar-refractivity contribution in [2.75, 3.05) is 19.6 Å². The Balaban J connectivity index is 1.30. The molecule has 1 atom stereocenters. The Morgan fingerprint density at radius 2 is 1.97 bits per heavy atom. The lowest BCUT2D eigenvalue weighted by Gasteiger charge is -2.34. The van der Waals surface area contributed by atoms with Gasteiger partial charge in [0.05, 0.1) is 11.5 Å². The molecule has 34 heavy (non-hydrogen) atoms. The van der Waals surface area contributed by atoms with Crippen molar-refractivity contribution in [1.82, 2.24) is 15.4 Å². The number of nitrogens with one attached hydrogen (secondary N) is 1. The molecule has 4 rings (SSSR count). The molecule has 1 saturated heterocycles. The van der Waals surface area contributed by atoms with Crippen LogP contribution >= 0.6 is 0 Å². The predicted molar refractivity (Wildman–Crippen MR) is 119 cm³/mol. The van der Waals surface area contributed by atoms with Gasteiger partial charge in [-0.25, -0.2) is 8.78 Å². The molecule has 1 aromatic carbocycles. The Kier molecular flexibility index (Phi) is 6.88. The third kappa shape index (κ3) is 5.55. The van der Waals surface area contributed by atoms with E-state index in [1.54, 1.807) is 11.0 Å². The van der Waals surface area contributed by atoms with E-state index < -0.39 is 23.2 Å². The van der Waals surface area contributed by atoms with E-state index in [-0.39, 0.29) is 36.5 Å². The maximum atomic E-state index is 13.7. The van der Waals surface area contributed by atoms with Crippen molar-refractivity contribution in [2.24, 2.45) is 11.7 Å². The molecule has 1 aromatic heterocycles. The predicted octanol–water partition coefficient (Wildman–Crippen LogP) is 2.91. The Morgan fingerprint density at radius 3 is 2.59 bits per heavy atom. The summed E-state index contributed by atoms with van der Waals surface area (Å²) in [7, 11) is 0. The number of carbonyl (C=O) groups is 2. The Hall–Kier alpha value is -3.01. The first kappa shape index (κ1) is 24.1. The highest BCUT2D eigenvalue weighted by atomic mass is 19.3. The van der Waals surface area contributed by atoms with Crippen LogP contribution < -0.4 is 11.1 Å². The van der Waals surface area contributed by atoms with Crippen molar-refractivity contribution in [1.29, 1.82) is 0 Å². The molecule has 10 heteroatoms. The highest BCUT2D eigenvalue weighted by Crippen LogP contribution is 2.40. The molecule has 0 unspecified atom stereocenters. The molecular weight excluding hydrogens is 446 g/mol. The topological polar surface area (TPSA) is 122 Å². The van der Waals surface area contributed by atoms with E-state index in [0.29, 0.717) is 37.4 Å². The molecule has 8 nitrogen and oxygen atoms in total. The molecule has 2 fully saturated rings. The van der Waals surface area contributed by atoms with Gasteiger partial charge in [0.25, 0.3) is 11.8 Å². The lowest BCUT2D eigenvalue weighted by atomic mass is 9.94. The van der Waals surface area contributed by atoms with E-state index in [4.69, 9.17) is 10.3 Å². The number of halogens is 2. The fraction of sp³-hybridized carbons (Fsp3) is 0.542. The van der Waals surface area contributed by atoms with E-state index in [0.717, 1.165) is 25.5 Å². The normalized spacial score (nSPS) is 18.1. The molecule has 2 amide bonds. The van der Waals surface area contributed by atoms with E-state index in [9.17, 15) is 23.5 Å². The number of amides is 2. The van der Waals surface area contributed by atoms with Gasteiger partial charge in [-0.2, -0.15) is 0 Å². The number of phenolic OH excluding ortho intramolecular Hbond substituents is 1. The fourth-order valence-corrected chi connectivity index (χ4v) is 4.34. The largest absolute Gasteiger partial charge is 0.507 e. The Morgan fingerprint density at radius 1 is 1.26 bits per heavy atom. The Labute approximate surface area is 196 Å². The molecule has 2 heterocycles. The van der Waals surface area contributed by atoms with E-state index in [1.807, 2.05) is 0 Å². The molecular formula is C24H30F2N4O4. The van der Waals surface area contributed by atoms with Crippen molar-refractivity contribution < 1.29 is 28.0 Å². The summed E-state index contributed by atoms with van der Waals surface area (Å²) in [6.07, 6.45) is 3.50. The molecule has 1 aliphatic carbocycles. The van der Waals surface area contributed by atoms with Gasteiger partial charge in [-0.05, 0) is 49.8 Å².